The minimum Gasteiger partial charge on any atom is -0.467 e. The van der Waals surface area contributed by atoms with E-state index >= 15 is 0 Å². The Morgan fingerprint density at radius 1 is 1.00 bits per heavy atom. The maximum absolute atomic E-state index is 13.0. The van der Waals surface area contributed by atoms with E-state index in [4.69, 9.17) is 9.47 Å². The van der Waals surface area contributed by atoms with Crippen molar-refractivity contribution in [2.75, 3.05) is 57.6 Å². The number of methoxy groups -OCH3 is 2. The highest BCUT2D eigenvalue weighted by Crippen LogP contribution is 2.31. The molecule has 0 spiro atoms. The molecule has 2 aliphatic heterocycles. The second-order valence-corrected chi connectivity index (χ2v) is 7.76. The minimum absolute atomic E-state index is 0.157. The number of carbonyl (C=O) groups is 3. The first-order valence-electron chi connectivity index (χ1n) is 9.16. The molecule has 0 radical (unpaired) electrons. The summed E-state index contributed by atoms with van der Waals surface area (Å²) in [5.41, 5.74) is 1.17. The molecule has 2 aliphatic rings. The number of ether oxygens (including phenoxy) is 2. The molecular formula is C19H25N3O5S. The van der Waals surface area contributed by atoms with Crippen LogP contribution in [0.4, 0.5) is 5.69 Å². The minimum atomic E-state index is -0.813. The van der Waals surface area contributed by atoms with Gasteiger partial charge in [0.2, 0.25) is 5.91 Å². The Kier molecular flexibility index (Phi) is 6.79. The zero-order chi connectivity index (χ0) is 20.1. The lowest BCUT2D eigenvalue weighted by Crippen LogP contribution is -2.54. The number of carbonyl (C=O) groups excluding carboxylic acids is 3. The van der Waals surface area contributed by atoms with Crippen LogP contribution in [0.15, 0.2) is 30.3 Å². The normalized spacial score (nSPS) is 22.8. The molecule has 1 amide bonds. The highest BCUT2D eigenvalue weighted by molar-refractivity contribution is 8.00. The van der Waals surface area contributed by atoms with E-state index in [2.05, 4.69) is 17.0 Å². The molecule has 8 nitrogen and oxygen atoms in total. The fourth-order valence-corrected chi connectivity index (χ4v) is 4.81. The predicted octanol–water partition coefficient (Wildman–Crippen LogP) is 0.425. The van der Waals surface area contributed by atoms with Crippen LogP contribution in [-0.4, -0.2) is 91.8 Å². The zero-order valence-corrected chi connectivity index (χ0v) is 16.9. The van der Waals surface area contributed by atoms with E-state index in [1.54, 1.807) is 0 Å². The molecule has 0 aliphatic carbocycles. The van der Waals surface area contributed by atoms with E-state index < -0.39 is 23.4 Å². The first kappa shape index (κ1) is 20.5. The van der Waals surface area contributed by atoms with Gasteiger partial charge in [0.25, 0.3) is 0 Å². The van der Waals surface area contributed by atoms with Crippen LogP contribution in [0, 0.1) is 0 Å². The molecule has 2 atom stereocenters. The van der Waals surface area contributed by atoms with Crippen molar-refractivity contribution in [2.24, 2.45) is 0 Å². The predicted molar refractivity (Wildman–Crippen MR) is 106 cm³/mol. The second-order valence-electron chi connectivity index (χ2n) is 6.65. The van der Waals surface area contributed by atoms with E-state index in [0.29, 0.717) is 5.75 Å². The number of nitrogens with zero attached hydrogens (tertiary/aromatic N) is 3. The Labute approximate surface area is 168 Å². The number of anilines is 1. The van der Waals surface area contributed by atoms with Crippen LogP contribution < -0.4 is 4.90 Å². The van der Waals surface area contributed by atoms with E-state index in [1.165, 1.54) is 36.6 Å². The fraction of sp³-hybridized carbons (Fsp3) is 0.526. The largest absolute Gasteiger partial charge is 0.467 e. The Morgan fingerprint density at radius 3 is 2.25 bits per heavy atom. The van der Waals surface area contributed by atoms with Crippen LogP contribution in [0.3, 0.4) is 0 Å². The molecular weight excluding hydrogens is 382 g/mol. The topological polar surface area (TPSA) is 79.4 Å². The summed E-state index contributed by atoms with van der Waals surface area (Å²) in [5.74, 6) is -0.983. The van der Waals surface area contributed by atoms with Gasteiger partial charge in [0.15, 0.2) is 5.37 Å². The molecule has 0 unspecified atom stereocenters. The van der Waals surface area contributed by atoms with Crippen molar-refractivity contribution in [3.8, 4) is 0 Å². The molecule has 9 heteroatoms. The number of para-hydroxylation sites is 1. The average Bonchev–Trinajstić information content (AvgIpc) is 3.19. The number of piperazine rings is 1. The standard InChI is InChI=1S/C19H25N3O5S/c1-26-18(24)15-13-28-17(19(25)27-2)22(15)16(23)12-20-8-10-21(11-9-20)14-6-4-3-5-7-14/h3-7,15,17H,8-13H2,1-2H3/t15-,17-/m0/s1. The molecule has 0 aromatic heterocycles. The number of benzene rings is 1. The van der Waals surface area contributed by atoms with E-state index in [-0.39, 0.29) is 12.5 Å². The van der Waals surface area contributed by atoms with Gasteiger partial charge in [-0.05, 0) is 12.1 Å². The summed E-state index contributed by atoms with van der Waals surface area (Å²) in [6.07, 6.45) is 0. The van der Waals surface area contributed by atoms with Gasteiger partial charge in [0, 0.05) is 37.6 Å². The maximum atomic E-state index is 13.0. The van der Waals surface area contributed by atoms with Crippen molar-refractivity contribution in [1.29, 1.82) is 0 Å². The van der Waals surface area contributed by atoms with E-state index in [1.807, 2.05) is 23.1 Å². The fourth-order valence-electron chi connectivity index (χ4n) is 3.49. The summed E-state index contributed by atoms with van der Waals surface area (Å²) in [4.78, 5) is 42.8. The van der Waals surface area contributed by atoms with Crippen molar-refractivity contribution < 1.29 is 23.9 Å². The number of rotatable bonds is 5. The molecule has 152 valence electrons. The smallest absolute Gasteiger partial charge is 0.339 e. The number of hydrogen-bond acceptors (Lipinski definition) is 8. The van der Waals surface area contributed by atoms with Gasteiger partial charge >= 0.3 is 11.9 Å². The van der Waals surface area contributed by atoms with Gasteiger partial charge in [-0.1, -0.05) is 18.2 Å². The third-order valence-corrected chi connectivity index (χ3v) is 6.26. The first-order valence-corrected chi connectivity index (χ1v) is 10.2. The van der Waals surface area contributed by atoms with Gasteiger partial charge < -0.3 is 19.3 Å². The van der Waals surface area contributed by atoms with E-state index in [0.717, 1.165) is 26.2 Å². The second kappa shape index (κ2) is 9.29. The van der Waals surface area contributed by atoms with Crippen LogP contribution in [-0.2, 0) is 23.9 Å². The SMILES string of the molecule is COC(=O)[C@@H]1CS[C@@H](C(=O)OC)N1C(=O)CN1CCN(c2ccccc2)CC1. The quantitative estimate of drug-likeness (QED) is 0.650. The van der Waals surface area contributed by atoms with Gasteiger partial charge in [-0.15, -0.1) is 11.8 Å². The summed E-state index contributed by atoms with van der Waals surface area (Å²) in [7, 11) is 2.56. The summed E-state index contributed by atoms with van der Waals surface area (Å²) < 4.78 is 9.61. The van der Waals surface area contributed by atoms with Crippen molar-refractivity contribution in [1.82, 2.24) is 9.80 Å². The first-order chi connectivity index (χ1) is 13.5. The lowest BCUT2D eigenvalue weighted by molar-refractivity contribution is -0.157. The summed E-state index contributed by atoms with van der Waals surface area (Å²) in [6, 6.07) is 9.39. The monoisotopic (exact) mass is 407 g/mol. The highest BCUT2D eigenvalue weighted by atomic mass is 32.2. The number of hydrogen-bond donors (Lipinski definition) is 0. The van der Waals surface area contributed by atoms with Crippen LogP contribution in [0.5, 0.6) is 0 Å². The third-order valence-electron chi connectivity index (χ3n) is 5.02. The molecule has 1 aromatic rings. The zero-order valence-electron chi connectivity index (χ0n) is 16.1. The van der Waals surface area contributed by atoms with Crippen molar-refractivity contribution in [3.63, 3.8) is 0 Å². The molecule has 0 N–H and O–H groups in total. The third kappa shape index (κ3) is 4.41. The molecule has 2 fully saturated rings. The Hall–Kier alpha value is -2.26. The maximum Gasteiger partial charge on any atom is 0.339 e. The summed E-state index contributed by atoms with van der Waals surface area (Å²) in [6.45, 7) is 3.24. The Balaban J connectivity index is 1.62. The van der Waals surface area contributed by atoms with E-state index in [9.17, 15) is 14.4 Å². The summed E-state index contributed by atoms with van der Waals surface area (Å²) in [5, 5.41) is -0.813. The van der Waals surface area contributed by atoms with Crippen molar-refractivity contribution in [3.05, 3.63) is 30.3 Å². The molecule has 0 saturated carbocycles. The molecule has 28 heavy (non-hydrogen) atoms. The molecule has 0 bridgehead atoms. The Bertz CT molecular complexity index is 685. The van der Waals surface area contributed by atoms with Crippen LogP contribution in [0.2, 0.25) is 0 Å². The Morgan fingerprint density at radius 2 is 1.64 bits per heavy atom. The molecule has 2 heterocycles. The molecule has 2 saturated heterocycles. The van der Waals surface area contributed by atoms with Crippen molar-refractivity contribution >= 4 is 35.3 Å². The number of amides is 1. The van der Waals surface area contributed by atoms with Gasteiger partial charge in [-0.3, -0.25) is 9.69 Å². The van der Waals surface area contributed by atoms with Gasteiger partial charge in [0.1, 0.15) is 6.04 Å². The molecule has 3 rings (SSSR count). The number of thioether (sulfide) groups is 1. The van der Waals surface area contributed by atoms with Gasteiger partial charge in [0.05, 0.1) is 20.8 Å². The summed E-state index contributed by atoms with van der Waals surface area (Å²) >= 11 is 1.23. The van der Waals surface area contributed by atoms with Crippen molar-refractivity contribution in [2.45, 2.75) is 11.4 Å². The van der Waals surface area contributed by atoms with Crippen LogP contribution >= 0.6 is 11.8 Å². The average molecular weight is 407 g/mol. The van der Waals surface area contributed by atoms with Crippen LogP contribution in [0.25, 0.3) is 0 Å². The van der Waals surface area contributed by atoms with Gasteiger partial charge in [-0.25, -0.2) is 9.59 Å². The lowest BCUT2D eigenvalue weighted by Gasteiger charge is -2.37. The molecule has 1 aromatic carbocycles. The van der Waals surface area contributed by atoms with Crippen LogP contribution in [0.1, 0.15) is 0 Å². The van der Waals surface area contributed by atoms with Gasteiger partial charge in [-0.2, -0.15) is 0 Å². The highest BCUT2D eigenvalue weighted by Gasteiger charge is 2.46. The number of esters is 2. The lowest BCUT2D eigenvalue weighted by atomic mass is 10.2.